The number of nitrogens with one attached hydrogen (secondary N) is 1. The van der Waals surface area contributed by atoms with Gasteiger partial charge in [0.15, 0.2) is 6.61 Å². The van der Waals surface area contributed by atoms with Gasteiger partial charge in [-0.1, -0.05) is 18.2 Å². The fraction of sp³-hybridized carbons (Fsp3) is 0.350. The lowest BCUT2D eigenvalue weighted by atomic mass is 10.1. The highest BCUT2D eigenvalue weighted by atomic mass is 19.1. The van der Waals surface area contributed by atoms with Crippen LogP contribution in [0.2, 0.25) is 0 Å². The first kappa shape index (κ1) is 18.9. The molecule has 0 unspecified atom stereocenters. The maximum absolute atomic E-state index is 13.4. The molecule has 1 N–H and O–H groups in total. The lowest BCUT2D eigenvalue weighted by molar-refractivity contribution is -0.123. The van der Waals surface area contributed by atoms with Gasteiger partial charge in [-0.05, 0) is 68.9 Å². The molecule has 0 aliphatic heterocycles. The first-order chi connectivity index (χ1) is 11.9. The number of likely N-dealkylation sites (N-methyl/N-ethyl adjacent to an activating group) is 1. The minimum absolute atomic E-state index is 0.0498. The Bertz CT molecular complexity index is 731. The Labute approximate surface area is 148 Å². The van der Waals surface area contributed by atoms with Crippen LogP contribution in [0.3, 0.4) is 0 Å². The van der Waals surface area contributed by atoms with Crippen LogP contribution in [0.15, 0.2) is 42.5 Å². The highest BCUT2D eigenvalue weighted by Gasteiger charge is 2.16. The van der Waals surface area contributed by atoms with E-state index in [1.165, 1.54) is 17.7 Å². The van der Waals surface area contributed by atoms with Gasteiger partial charge >= 0.3 is 0 Å². The van der Waals surface area contributed by atoms with Crippen molar-refractivity contribution in [3.63, 3.8) is 0 Å². The van der Waals surface area contributed by atoms with Crippen molar-refractivity contribution in [2.75, 3.05) is 27.2 Å². The summed E-state index contributed by atoms with van der Waals surface area (Å²) in [6, 6.07) is 12.0. The molecule has 0 radical (unpaired) electrons. The van der Waals surface area contributed by atoms with Gasteiger partial charge in [-0.25, -0.2) is 4.39 Å². The van der Waals surface area contributed by atoms with Crippen LogP contribution in [-0.2, 0) is 4.79 Å². The van der Waals surface area contributed by atoms with Gasteiger partial charge in [0.1, 0.15) is 11.6 Å². The second-order valence-corrected chi connectivity index (χ2v) is 6.37. The van der Waals surface area contributed by atoms with Crippen molar-refractivity contribution >= 4 is 5.91 Å². The summed E-state index contributed by atoms with van der Waals surface area (Å²) in [5.74, 6) is 0.183. The van der Waals surface area contributed by atoms with Crippen LogP contribution < -0.4 is 10.1 Å². The van der Waals surface area contributed by atoms with Crippen LogP contribution in [0.1, 0.15) is 22.7 Å². The number of benzene rings is 2. The second-order valence-electron chi connectivity index (χ2n) is 6.37. The van der Waals surface area contributed by atoms with Gasteiger partial charge in [-0.15, -0.1) is 0 Å². The van der Waals surface area contributed by atoms with E-state index in [1.54, 1.807) is 6.07 Å². The molecule has 2 aromatic rings. The number of nitrogens with zero attached hydrogens (tertiary/aromatic N) is 1. The van der Waals surface area contributed by atoms with Crippen molar-refractivity contribution in [3.8, 4) is 5.75 Å². The van der Waals surface area contributed by atoms with E-state index in [2.05, 4.69) is 5.32 Å². The third-order valence-electron chi connectivity index (χ3n) is 4.20. The van der Waals surface area contributed by atoms with Crippen LogP contribution in [0.4, 0.5) is 4.39 Å². The number of aryl methyl sites for hydroxylation is 2. The van der Waals surface area contributed by atoms with E-state index in [-0.39, 0.29) is 24.4 Å². The molecule has 2 aromatic carbocycles. The van der Waals surface area contributed by atoms with Crippen molar-refractivity contribution < 1.29 is 13.9 Å². The van der Waals surface area contributed by atoms with E-state index in [4.69, 9.17) is 4.74 Å². The third kappa shape index (κ3) is 5.57. The van der Waals surface area contributed by atoms with Gasteiger partial charge in [-0.2, -0.15) is 0 Å². The van der Waals surface area contributed by atoms with E-state index >= 15 is 0 Å². The van der Waals surface area contributed by atoms with Crippen LogP contribution in [0.25, 0.3) is 0 Å². The Kier molecular flexibility index (Phi) is 6.53. The Morgan fingerprint density at radius 2 is 1.92 bits per heavy atom. The summed E-state index contributed by atoms with van der Waals surface area (Å²) in [5, 5.41) is 2.85. The van der Waals surface area contributed by atoms with E-state index in [9.17, 15) is 9.18 Å². The summed E-state index contributed by atoms with van der Waals surface area (Å²) in [5.41, 5.74) is 3.12. The summed E-state index contributed by atoms with van der Waals surface area (Å²) in [7, 11) is 3.79. The maximum atomic E-state index is 13.4. The van der Waals surface area contributed by atoms with Crippen LogP contribution in [0.5, 0.6) is 5.75 Å². The van der Waals surface area contributed by atoms with Crippen molar-refractivity contribution in [2.45, 2.75) is 19.9 Å². The average Bonchev–Trinajstić information content (AvgIpc) is 2.56. The number of rotatable bonds is 7. The number of amides is 1. The summed E-state index contributed by atoms with van der Waals surface area (Å²) >= 11 is 0. The minimum atomic E-state index is -0.284. The number of halogens is 1. The fourth-order valence-electron chi connectivity index (χ4n) is 2.53. The van der Waals surface area contributed by atoms with Crippen LogP contribution in [-0.4, -0.2) is 38.1 Å². The number of carbonyl (C=O) groups is 1. The first-order valence-corrected chi connectivity index (χ1v) is 8.25. The molecule has 0 aromatic heterocycles. The average molecular weight is 344 g/mol. The predicted molar refractivity (Wildman–Crippen MR) is 97.2 cm³/mol. The molecule has 2 rings (SSSR count). The highest BCUT2D eigenvalue weighted by molar-refractivity contribution is 5.77. The topological polar surface area (TPSA) is 41.6 Å². The normalized spacial score (nSPS) is 12.1. The molecule has 0 aliphatic carbocycles. The van der Waals surface area contributed by atoms with E-state index in [1.807, 2.05) is 57.1 Å². The van der Waals surface area contributed by atoms with Crippen molar-refractivity contribution in [3.05, 3.63) is 65.0 Å². The zero-order valence-corrected chi connectivity index (χ0v) is 15.2. The lowest BCUT2D eigenvalue weighted by Gasteiger charge is -2.25. The molecule has 0 saturated heterocycles. The Morgan fingerprint density at radius 1 is 1.16 bits per heavy atom. The quantitative estimate of drug-likeness (QED) is 0.838. The van der Waals surface area contributed by atoms with Crippen molar-refractivity contribution in [1.82, 2.24) is 10.2 Å². The standard InChI is InChI=1S/C20H25FN2O2/c1-14-8-9-18(10-15(14)2)25-13-20(24)22-12-19(23(3)4)16-6-5-7-17(21)11-16/h5-11,19H,12-13H2,1-4H3,(H,22,24)/t19-/m1/s1. The molecule has 134 valence electrons. The molecule has 0 aliphatic rings. The molecule has 0 fully saturated rings. The van der Waals surface area contributed by atoms with Gasteiger partial charge in [0.2, 0.25) is 0 Å². The SMILES string of the molecule is Cc1ccc(OCC(=O)NC[C@H](c2cccc(F)c2)N(C)C)cc1C. The number of hydrogen-bond acceptors (Lipinski definition) is 3. The molecule has 0 heterocycles. The largest absolute Gasteiger partial charge is 0.484 e. The van der Waals surface area contributed by atoms with Gasteiger partial charge in [-0.3, -0.25) is 4.79 Å². The molecule has 0 saturated carbocycles. The minimum Gasteiger partial charge on any atom is -0.484 e. The Hall–Kier alpha value is -2.40. The third-order valence-corrected chi connectivity index (χ3v) is 4.20. The summed E-state index contributed by atoms with van der Waals surface area (Å²) < 4.78 is 19.0. The van der Waals surface area contributed by atoms with E-state index in [0.29, 0.717) is 12.3 Å². The lowest BCUT2D eigenvalue weighted by Crippen LogP contribution is -2.36. The van der Waals surface area contributed by atoms with Crippen molar-refractivity contribution in [1.29, 1.82) is 0 Å². The fourth-order valence-corrected chi connectivity index (χ4v) is 2.53. The molecular formula is C20H25FN2O2. The van der Waals surface area contributed by atoms with E-state index in [0.717, 1.165) is 11.1 Å². The number of hydrogen-bond donors (Lipinski definition) is 1. The van der Waals surface area contributed by atoms with Gasteiger partial charge < -0.3 is 15.0 Å². The first-order valence-electron chi connectivity index (χ1n) is 8.25. The van der Waals surface area contributed by atoms with E-state index < -0.39 is 0 Å². The molecule has 1 atom stereocenters. The molecular weight excluding hydrogens is 319 g/mol. The summed E-state index contributed by atoms with van der Waals surface area (Å²) in [6.45, 7) is 4.36. The Morgan fingerprint density at radius 3 is 2.56 bits per heavy atom. The summed E-state index contributed by atoms with van der Waals surface area (Å²) in [4.78, 5) is 14.0. The Balaban J connectivity index is 1.89. The zero-order chi connectivity index (χ0) is 18.4. The molecule has 4 nitrogen and oxygen atoms in total. The van der Waals surface area contributed by atoms with Crippen LogP contribution in [0, 0.1) is 19.7 Å². The molecule has 1 amide bonds. The highest BCUT2D eigenvalue weighted by Crippen LogP contribution is 2.18. The monoisotopic (exact) mass is 344 g/mol. The van der Waals surface area contributed by atoms with Gasteiger partial charge in [0.25, 0.3) is 5.91 Å². The zero-order valence-electron chi connectivity index (χ0n) is 15.2. The second kappa shape index (κ2) is 8.62. The molecule has 0 spiro atoms. The molecule has 0 bridgehead atoms. The van der Waals surface area contributed by atoms with Crippen LogP contribution >= 0.6 is 0 Å². The number of ether oxygens (including phenoxy) is 1. The smallest absolute Gasteiger partial charge is 0.258 e. The molecule has 25 heavy (non-hydrogen) atoms. The predicted octanol–water partition coefficient (Wildman–Crippen LogP) is 3.24. The summed E-state index contributed by atoms with van der Waals surface area (Å²) in [6.07, 6.45) is 0. The maximum Gasteiger partial charge on any atom is 0.258 e. The molecule has 5 heteroatoms. The van der Waals surface area contributed by atoms with Crippen molar-refractivity contribution in [2.24, 2.45) is 0 Å². The number of carbonyl (C=O) groups excluding carboxylic acids is 1. The van der Waals surface area contributed by atoms with Gasteiger partial charge in [0.05, 0.1) is 6.04 Å². The van der Waals surface area contributed by atoms with Gasteiger partial charge in [0, 0.05) is 6.54 Å².